The maximum atomic E-state index is 13.3. The Morgan fingerprint density at radius 1 is 1.18 bits per heavy atom. The van der Waals surface area contributed by atoms with Gasteiger partial charge in [-0.05, 0) is 74.4 Å². The van der Waals surface area contributed by atoms with Crippen LogP contribution in [0.3, 0.4) is 0 Å². The van der Waals surface area contributed by atoms with Gasteiger partial charge in [-0.2, -0.15) is 5.10 Å². The number of fused-ring (bicyclic) bond motifs is 3. The molecule has 2 atom stereocenters. The second kappa shape index (κ2) is 8.17. The molecule has 0 radical (unpaired) electrons. The van der Waals surface area contributed by atoms with Crippen molar-refractivity contribution in [2.24, 2.45) is 9.50 Å². The summed E-state index contributed by atoms with van der Waals surface area (Å²) in [4.78, 5) is 27.7. The summed E-state index contributed by atoms with van der Waals surface area (Å²) in [5.74, 6) is 0.405. The smallest absolute Gasteiger partial charge is 0.354 e. The molecule has 1 saturated heterocycles. The summed E-state index contributed by atoms with van der Waals surface area (Å²) in [6.07, 6.45) is 7.44. The number of anilines is 1. The van der Waals surface area contributed by atoms with E-state index in [1.165, 1.54) is 19.0 Å². The fourth-order valence-corrected chi connectivity index (χ4v) is 6.72. The number of ether oxygens (including phenoxy) is 1. The Hall–Kier alpha value is -2.76. The fraction of sp³-hybridized carbons (Fsp3) is 0.522. The number of aromatic nitrogens is 2. The van der Waals surface area contributed by atoms with E-state index in [-0.39, 0.29) is 16.7 Å². The van der Waals surface area contributed by atoms with Gasteiger partial charge in [0.15, 0.2) is 15.7 Å². The molecule has 3 N–H and O–H groups in total. The van der Waals surface area contributed by atoms with Gasteiger partial charge in [-0.1, -0.05) is 0 Å². The minimum atomic E-state index is -3.58. The van der Waals surface area contributed by atoms with Gasteiger partial charge in [0.1, 0.15) is 11.5 Å². The van der Waals surface area contributed by atoms with E-state index in [0.29, 0.717) is 43.1 Å². The highest BCUT2D eigenvalue weighted by Gasteiger charge is 2.32. The lowest BCUT2D eigenvalue weighted by Gasteiger charge is -2.31. The molecule has 11 heteroatoms. The first-order valence-corrected chi connectivity index (χ1v) is 13.5. The maximum absolute atomic E-state index is 13.3. The Labute approximate surface area is 198 Å². The number of amides is 2. The van der Waals surface area contributed by atoms with Crippen LogP contribution in [-0.4, -0.2) is 56.4 Å². The van der Waals surface area contributed by atoms with E-state index >= 15 is 0 Å². The van der Waals surface area contributed by atoms with Crippen LogP contribution in [0.15, 0.2) is 21.5 Å². The van der Waals surface area contributed by atoms with Crippen LogP contribution in [-0.2, 0) is 35.7 Å². The first kappa shape index (κ1) is 21.8. The summed E-state index contributed by atoms with van der Waals surface area (Å²) in [5.41, 5.74) is 4.29. The number of nitrogens with zero attached hydrogens (tertiary/aromatic N) is 4. The summed E-state index contributed by atoms with van der Waals surface area (Å²) in [6.45, 7) is 3.16. The average Bonchev–Trinajstić information content (AvgIpc) is 3.60. The van der Waals surface area contributed by atoms with Crippen molar-refractivity contribution >= 4 is 27.4 Å². The van der Waals surface area contributed by atoms with Crippen molar-refractivity contribution in [3.8, 4) is 5.88 Å². The molecule has 2 aliphatic carbocycles. The number of hydrogen-bond donors (Lipinski definition) is 2. The molecule has 0 spiro atoms. The van der Waals surface area contributed by atoms with E-state index in [2.05, 4.69) is 19.7 Å². The summed E-state index contributed by atoms with van der Waals surface area (Å²) in [5, 5.41) is 13.2. The SMILES string of the molecule is NS(=O)(=NC(=O)Nc1c2c(cc3c1CCC3=O)CCC2)c1cnn2c1OCC(N1CCCC1)C2. The molecule has 6 rings (SSSR count). The molecule has 3 heterocycles. The molecule has 2 unspecified atom stereocenters. The summed E-state index contributed by atoms with van der Waals surface area (Å²) in [7, 11) is -3.58. The van der Waals surface area contributed by atoms with Gasteiger partial charge < -0.3 is 10.1 Å². The zero-order valence-corrected chi connectivity index (χ0v) is 19.7. The Bertz CT molecular complexity index is 1320. The van der Waals surface area contributed by atoms with E-state index in [9.17, 15) is 13.8 Å². The average molecular weight is 485 g/mol. The molecule has 1 aromatic carbocycles. The minimum Gasteiger partial charge on any atom is -0.475 e. The third-order valence-electron chi connectivity index (χ3n) is 7.39. The van der Waals surface area contributed by atoms with Gasteiger partial charge in [0.25, 0.3) is 0 Å². The number of ketones is 1. The molecule has 180 valence electrons. The molecular weight excluding hydrogens is 456 g/mol. The van der Waals surface area contributed by atoms with Crippen LogP contribution < -0.4 is 15.2 Å². The molecule has 34 heavy (non-hydrogen) atoms. The van der Waals surface area contributed by atoms with Crippen molar-refractivity contribution in [2.75, 3.05) is 25.0 Å². The molecule has 2 aliphatic heterocycles. The number of hydrogen-bond acceptors (Lipinski definition) is 6. The highest BCUT2D eigenvalue weighted by Crippen LogP contribution is 2.39. The molecule has 2 amide bonds. The Morgan fingerprint density at radius 2 is 2.00 bits per heavy atom. The fourth-order valence-electron chi connectivity index (χ4n) is 5.71. The van der Waals surface area contributed by atoms with Crippen molar-refractivity contribution in [1.29, 1.82) is 0 Å². The van der Waals surface area contributed by atoms with E-state index in [1.54, 1.807) is 4.68 Å². The number of rotatable bonds is 3. The Balaban J connectivity index is 1.27. The lowest BCUT2D eigenvalue weighted by atomic mass is 9.98. The van der Waals surface area contributed by atoms with Crippen LogP contribution in [0.4, 0.5) is 10.5 Å². The van der Waals surface area contributed by atoms with E-state index < -0.39 is 15.9 Å². The van der Waals surface area contributed by atoms with Gasteiger partial charge in [0.2, 0.25) is 5.88 Å². The quantitative estimate of drug-likeness (QED) is 0.687. The van der Waals surface area contributed by atoms with Gasteiger partial charge in [0.05, 0.1) is 18.8 Å². The largest absolute Gasteiger partial charge is 0.475 e. The molecule has 0 saturated carbocycles. The van der Waals surface area contributed by atoms with Crippen molar-refractivity contribution < 1.29 is 18.5 Å². The summed E-state index contributed by atoms with van der Waals surface area (Å²) in [6, 6.07) is 1.39. The minimum absolute atomic E-state index is 0.0932. The number of carbonyl (C=O) groups is 2. The van der Waals surface area contributed by atoms with Gasteiger partial charge in [-0.15, -0.1) is 4.36 Å². The van der Waals surface area contributed by atoms with Crippen molar-refractivity contribution in [3.63, 3.8) is 0 Å². The lowest BCUT2D eigenvalue weighted by molar-refractivity contribution is 0.0993. The number of nitrogens with one attached hydrogen (secondary N) is 1. The third kappa shape index (κ3) is 3.62. The molecule has 1 fully saturated rings. The zero-order chi connectivity index (χ0) is 23.4. The highest BCUT2D eigenvalue weighted by molar-refractivity contribution is 7.91. The number of Topliss-reactive ketones (excluding diaryl/α,β-unsaturated/α-hetero) is 1. The van der Waals surface area contributed by atoms with Gasteiger partial charge in [-0.25, -0.2) is 18.8 Å². The first-order chi connectivity index (χ1) is 16.4. The van der Waals surface area contributed by atoms with Crippen LogP contribution in [0.5, 0.6) is 5.88 Å². The Morgan fingerprint density at radius 3 is 2.82 bits per heavy atom. The lowest BCUT2D eigenvalue weighted by Crippen LogP contribution is -2.43. The van der Waals surface area contributed by atoms with Crippen LogP contribution in [0.25, 0.3) is 0 Å². The van der Waals surface area contributed by atoms with E-state index in [0.717, 1.165) is 49.0 Å². The number of likely N-dealkylation sites (tertiary alicyclic amines) is 1. The van der Waals surface area contributed by atoms with Gasteiger partial charge in [-0.3, -0.25) is 9.69 Å². The molecule has 4 aliphatic rings. The van der Waals surface area contributed by atoms with Crippen molar-refractivity contribution in [1.82, 2.24) is 14.7 Å². The normalized spacial score (nSPS) is 23.1. The van der Waals surface area contributed by atoms with Crippen molar-refractivity contribution in [3.05, 3.63) is 34.5 Å². The van der Waals surface area contributed by atoms with Crippen LogP contribution >= 0.6 is 0 Å². The van der Waals surface area contributed by atoms with E-state index in [1.807, 2.05) is 6.07 Å². The molecule has 1 aromatic heterocycles. The number of urea groups is 1. The summed E-state index contributed by atoms with van der Waals surface area (Å²) < 4.78 is 24.7. The van der Waals surface area contributed by atoms with Crippen LogP contribution in [0.2, 0.25) is 0 Å². The van der Waals surface area contributed by atoms with Crippen molar-refractivity contribution in [2.45, 2.75) is 62.4 Å². The maximum Gasteiger partial charge on any atom is 0.354 e. The standard InChI is InChI=1S/C23H28N6O4S/c24-34(32,20-11-25-29-12-15(13-33-22(20)29)28-8-1-2-9-28)27-23(31)26-21-16-5-3-4-14(16)10-18-17(21)6-7-19(18)30/h10-11,15H,1-9,12-13H2,(H3,24,26,27,31,32). The number of benzene rings is 1. The summed E-state index contributed by atoms with van der Waals surface area (Å²) >= 11 is 0. The van der Waals surface area contributed by atoms with E-state index in [4.69, 9.17) is 9.88 Å². The highest BCUT2D eigenvalue weighted by atomic mass is 32.2. The first-order valence-electron chi connectivity index (χ1n) is 11.9. The third-order valence-corrected chi connectivity index (χ3v) is 8.74. The van der Waals surface area contributed by atoms with Crippen LogP contribution in [0, 0.1) is 0 Å². The number of aryl methyl sites for hydroxylation is 1. The Kier molecular flexibility index (Phi) is 5.23. The molecule has 10 nitrogen and oxygen atoms in total. The second-order valence-corrected chi connectivity index (χ2v) is 11.2. The topological polar surface area (TPSA) is 132 Å². The number of nitrogens with two attached hydrogens (primary N) is 1. The second-order valence-electron chi connectivity index (χ2n) is 9.49. The number of carbonyl (C=O) groups excluding carboxylic acids is 2. The molecule has 0 bridgehead atoms. The zero-order valence-electron chi connectivity index (χ0n) is 18.9. The van der Waals surface area contributed by atoms with Gasteiger partial charge in [0, 0.05) is 17.7 Å². The molecule has 2 aromatic rings. The monoisotopic (exact) mass is 484 g/mol. The van der Waals surface area contributed by atoms with Crippen LogP contribution in [0.1, 0.15) is 52.7 Å². The molecular formula is C23H28N6O4S. The predicted octanol–water partition coefficient (Wildman–Crippen LogP) is 2.29. The van der Waals surface area contributed by atoms with Gasteiger partial charge >= 0.3 is 6.03 Å². The predicted molar refractivity (Wildman–Crippen MR) is 125 cm³/mol.